The van der Waals surface area contributed by atoms with E-state index in [2.05, 4.69) is 11.4 Å². The molecule has 3 rings (SSSR count). The molecule has 2 heterocycles. The summed E-state index contributed by atoms with van der Waals surface area (Å²) in [5.74, 6) is -0.878. The second-order valence-electron chi connectivity index (χ2n) is 4.37. The lowest BCUT2D eigenvalue weighted by molar-refractivity contribution is 0.0697. The Hall–Kier alpha value is -1.65. The van der Waals surface area contributed by atoms with Crippen molar-refractivity contribution in [2.45, 2.75) is 13.0 Å². The first-order valence-electron chi connectivity index (χ1n) is 5.90. The molecule has 1 aromatic carbocycles. The van der Waals surface area contributed by atoms with Crippen LogP contribution in [0.4, 0.5) is 0 Å². The summed E-state index contributed by atoms with van der Waals surface area (Å²) in [6.45, 7) is 1.99. The van der Waals surface area contributed by atoms with E-state index >= 15 is 0 Å². The number of thiophene rings is 1. The van der Waals surface area contributed by atoms with Crippen LogP contribution >= 0.6 is 11.3 Å². The van der Waals surface area contributed by atoms with Crippen molar-refractivity contribution in [1.82, 2.24) is 5.32 Å². The maximum absolute atomic E-state index is 10.8. The van der Waals surface area contributed by atoms with Crippen molar-refractivity contribution < 1.29 is 9.90 Å². The van der Waals surface area contributed by atoms with Gasteiger partial charge in [0.15, 0.2) is 0 Å². The molecule has 0 spiro atoms. The topological polar surface area (TPSA) is 49.3 Å². The smallest absolute Gasteiger partial charge is 0.335 e. The van der Waals surface area contributed by atoms with Crippen LogP contribution < -0.4 is 5.32 Å². The van der Waals surface area contributed by atoms with E-state index in [0.717, 1.165) is 25.1 Å². The van der Waals surface area contributed by atoms with Gasteiger partial charge in [-0.15, -0.1) is 11.3 Å². The summed E-state index contributed by atoms with van der Waals surface area (Å²) in [5, 5.41) is 12.2. The predicted octanol–water partition coefficient (Wildman–Crippen LogP) is 2.76. The molecule has 2 aromatic rings. The quantitative estimate of drug-likeness (QED) is 0.872. The van der Waals surface area contributed by atoms with Gasteiger partial charge in [-0.05, 0) is 35.7 Å². The van der Waals surface area contributed by atoms with Crippen molar-refractivity contribution in [2.24, 2.45) is 0 Å². The van der Waals surface area contributed by atoms with E-state index in [1.165, 1.54) is 15.3 Å². The highest BCUT2D eigenvalue weighted by Gasteiger charge is 2.13. The summed E-state index contributed by atoms with van der Waals surface area (Å²) in [6.07, 6.45) is 1.09. The Kier molecular flexibility index (Phi) is 2.89. The first kappa shape index (κ1) is 11.4. The standard InChI is InChI=1S/C14H13NO2S/c16-14(17)10-3-1-9(2-4-10)13-7-11-8-15-6-5-12(11)18-13/h1-4,7,15H,5-6,8H2,(H,16,17). The van der Waals surface area contributed by atoms with E-state index < -0.39 is 5.97 Å². The summed E-state index contributed by atoms with van der Waals surface area (Å²) in [4.78, 5) is 13.5. The van der Waals surface area contributed by atoms with Gasteiger partial charge in [-0.3, -0.25) is 0 Å². The molecule has 0 saturated carbocycles. The molecular weight excluding hydrogens is 246 g/mol. The molecule has 0 unspecified atom stereocenters. The van der Waals surface area contributed by atoms with Gasteiger partial charge in [0.2, 0.25) is 0 Å². The molecule has 92 valence electrons. The molecule has 4 heteroatoms. The maximum atomic E-state index is 10.8. The number of fused-ring (bicyclic) bond motifs is 1. The fraction of sp³-hybridized carbons (Fsp3) is 0.214. The third kappa shape index (κ3) is 2.05. The molecule has 0 atom stereocenters. The van der Waals surface area contributed by atoms with E-state index in [-0.39, 0.29) is 0 Å². The van der Waals surface area contributed by atoms with Gasteiger partial charge in [0.25, 0.3) is 0 Å². The van der Waals surface area contributed by atoms with E-state index in [1.807, 2.05) is 23.5 Å². The minimum absolute atomic E-state index is 0.335. The highest BCUT2D eigenvalue weighted by molar-refractivity contribution is 7.15. The maximum Gasteiger partial charge on any atom is 0.335 e. The Labute approximate surface area is 109 Å². The van der Waals surface area contributed by atoms with Crippen molar-refractivity contribution in [3.05, 3.63) is 46.3 Å². The molecule has 2 N–H and O–H groups in total. The average molecular weight is 259 g/mol. The molecule has 0 fully saturated rings. The largest absolute Gasteiger partial charge is 0.478 e. The van der Waals surface area contributed by atoms with Crippen molar-refractivity contribution in [3.8, 4) is 10.4 Å². The molecule has 0 radical (unpaired) electrons. The predicted molar refractivity (Wildman–Crippen MR) is 72.1 cm³/mol. The van der Waals surface area contributed by atoms with E-state index in [4.69, 9.17) is 5.11 Å². The van der Waals surface area contributed by atoms with E-state index in [9.17, 15) is 4.79 Å². The summed E-state index contributed by atoms with van der Waals surface area (Å²) >= 11 is 1.82. The third-order valence-corrected chi connectivity index (χ3v) is 4.44. The molecule has 1 aliphatic rings. The van der Waals surface area contributed by atoms with Gasteiger partial charge >= 0.3 is 5.97 Å². The Bertz CT molecular complexity index is 563. The van der Waals surface area contributed by atoms with Gasteiger partial charge in [0.05, 0.1) is 5.56 Å². The summed E-state index contributed by atoms with van der Waals surface area (Å²) in [5.41, 5.74) is 2.81. The molecule has 0 amide bonds. The fourth-order valence-electron chi connectivity index (χ4n) is 2.17. The van der Waals surface area contributed by atoms with Crippen LogP contribution in [0.3, 0.4) is 0 Å². The van der Waals surface area contributed by atoms with E-state index in [1.54, 1.807) is 12.1 Å². The monoisotopic (exact) mass is 259 g/mol. The van der Waals surface area contributed by atoms with Gasteiger partial charge < -0.3 is 10.4 Å². The van der Waals surface area contributed by atoms with Crippen LogP contribution in [-0.4, -0.2) is 17.6 Å². The lowest BCUT2D eigenvalue weighted by atomic mass is 10.1. The highest BCUT2D eigenvalue weighted by atomic mass is 32.1. The molecule has 18 heavy (non-hydrogen) atoms. The fourth-order valence-corrected chi connectivity index (χ4v) is 3.36. The van der Waals surface area contributed by atoms with Crippen molar-refractivity contribution >= 4 is 17.3 Å². The van der Waals surface area contributed by atoms with Crippen LogP contribution in [0, 0.1) is 0 Å². The molecule has 0 bridgehead atoms. The number of hydrogen-bond acceptors (Lipinski definition) is 3. The number of rotatable bonds is 2. The number of carboxylic acid groups (broad SMARTS) is 1. The zero-order chi connectivity index (χ0) is 12.5. The molecule has 1 aromatic heterocycles. The van der Waals surface area contributed by atoms with Crippen molar-refractivity contribution in [1.29, 1.82) is 0 Å². The van der Waals surface area contributed by atoms with Crippen LogP contribution in [0.25, 0.3) is 10.4 Å². The van der Waals surface area contributed by atoms with Crippen LogP contribution in [0.2, 0.25) is 0 Å². The van der Waals surface area contributed by atoms with Gasteiger partial charge in [0, 0.05) is 22.8 Å². The molecule has 1 aliphatic heterocycles. The van der Waals surface area contributed by atoms with Crippen LogP contribution in [0.1, 0.15) is 20.8 Å². The SMILES string of the molecule is O=C(O)c1ccc(-c2cc3c(s2)CCNC3)cc1. The summed E-state index contributed by atoms with van der Waals surface area (Å²) < 4.78 is 0. The molecule has 0 saturated heterocycles. The van der Waals surface area contributed by atoms with Crippen molar-refractivity contribution in [3.63, 3.8) is 0 Å². The molecular formula is C14H13NO2S. The van der Waals surface area contributed by atoms with Gasteiger partial charge in [-0.2, -0.15) is 0 Å². The number of carbonyl (C=O) groups is 1. The van der Waals surface area contributed by atoms with Crippen molar-refractivity contribution in [2.75, 3.05) is 6.54 Å². The number of carboxylic acids is 1. The van der Waals surface area contributed by atoms with Gasteiger partial charge in [-0.1, -0.05) is 12.1 Å². The number of nitrogens with one attached hydrogen (secondary N) is 1. The number of aromatic carboxylic acids is 1. The van der Waals surface area contributed by atoms with Gasteiger partial charge in [-0.25, -0.2) is 4.79 Å². The summed E-state index contributed by atoms with van der Waals surface area (Å²) in [7, 11) is 0. The Morgan fingerprint density at radius 3 is 2.72 bits per heavy atom. The van der Waals surface area contributed by atoms with Crippen LogP contribution in [-0.2, 0) is 13.0 Å². The third-order valence-electron chi connectivity index (χ3n) is 3.16. The van der Waals surface area contributed by atoms with Gasteiger partial charge in [0.1, 0.15) is 0 Å². The lowest BCUT2D eigenvalue weighted by Crippen LogP contribution is -2.21. The zero-order valence-corrected chi connectivity index (χ0v) is 10.6. The molecule has 3 nitrogen and oxygen atoms in total. The Balaban J connectivity index is 1.94. The van der Waals surface area contributed by atoms with Crippen LogP contribution in [0.15, 0.2) is 30.3 Å². The Morgan fingerprint density at radius 1 is 1.28 bits per heavy atom. The number of hydrogen-bond donors (Lipinski definition) is 2. The number of benzene rings is 1. The minimum atomic E-state index is -0.878. The first-order valence-corrected chi connectivity index (χ1v) is 6.72. The zero-order valence-electron chi connectivity index (χ0n) is 9.77. The lowest BCUT2D eigenvalue weighted by Gasteiger charge is -2.10. The second-order valence-corrected chi connectivity index (χ2v) is 5.51. The molecule has 0 aliphatic carbocycles. The average Bonchev–Trinajstić information content (AvgIpc) is 2.82. The normalized spacial score (nSPS) is 14.2. The minimum Gasteiger partial charge on any atom is -0.478 e. The highest BCUT2D eigenvalue weighted by Crippen LogP contribution is 2.33. The summed E-state index contributed by atoms with van der Waals surface area (Å²) in [6, 6.07) is 9.30. The first-order chi connectivity index (χ1) is 8.74. The van der Waals surface area contributed by atoms with E-state index in [0.29, 0.717) is 5.56 Å². The Morgan fingerprint density at radius 2 is 2.06 bits per heavy atom. The second kappa shape index (κ2) is 4.55. The van der Waals surface area contributed by atoms with Crippen LogP contribution in [0.5, 0.6) is 0 Å².